The Balaban J connectivity index is 2.57. The fourth-order valence-corrected chi connectivity index (χ4v) is 2.86. The maximum Gasteiger partial charge on any atom is 0.232 e. The molecule has 16 heavy (non-hydrogen) atoms. The summed E-state index contributed by atoms with van der Waals surface area (Å²) in [4.78, 5) is 0. The second-order valence-electron chi connectivity index (χ2n) is 4.60. The summed E-state index contributed by atoms with van der Waals surface area (Å²) in [5.41, 5.74) is 0.113. The van der Waals surface area contributed by atoms with Gasteiger partial charge >= 0.3 is 0 Å². The zero-order valence-corrected chi connectivity index (χ0v) is 10.4. The summed E-state index contributed by atoms with van der Waals surface area (Å²) < 4.78 is 30.5. The first-order chi connectivity index (χ1) is 7.30. The first kappa shape index (κ1) is 11.3. The van der Waals surface area contributed by atoms with E-state index in [9.17, 15) is 8.42 Å². The predicted molar refractivity (Wildman–Crippen MR) is 63.3 cm³/mol. The number of ether oxygens (including phenoxy) is 1. The number of hydrogen-bond acceptors (Lipinski definition) is 3. The monoisotopic (exact) mass is 241 g/mol. The molecule has 88 valence electrons. The molecule has 0 radical (unpaired) electrons. The lowest BCUT2D eigenvalue weighted by molar-refractivity contribution is 0.110. The first-order valence-corrected chi connectivity index (χ1v) is 6.90. The highest BCUT2D eigenvalue weighted by Gasteiger charge is 2.35. The van der Waals surface area contributed by atoms with Crippen molar-refractivity contribution in [1.29, 1.82) is 0 Å². The maximum atomic E-state index is 11.7. The summed E-state index contributed by atoms with van der Waals surface area (Å²) in [6.07, 6.45) is 1.21. The quantitative estimate of drug-likeness (QED) is 0.750. The van der Waals surface area contributed by atoms with E-state index in [1.807, 2.05) is 19.9 Å². The summed E-state index contributed by atoms with van der Waals surface area (Å²) in [6, 6.07) is 7.18. The van der Waals surface area contributed by atoms with Gasteiger partial charge in [0.15, 0.2) is 0 Å². The van der Waals surface area contributed by atoms with Gasteiger partial charge in [-0.15, -0.1) is 0 Å². The van der Waals surface area contributed by atoms with Gasteiger partial charge in [0.25, 0.3) is 0 Å². The SMILES string of the molecule is CC1(C)CN(S(C)(=O)=O)c2ccccc2O1. The van der Waals surface area contributed by atoms with Gasteiger partial charge in [-0.05, 0) is 26.0 Å². The predicted octanol–water partition coefficient (Wildman–Crippen LogP) is 1.62. The van der Waals surface area contributed by atoms with Gasteiger partial charge in [0.05, 0.1) is 18.5 Å². The number of rotatable bonds is 1. The van der Waals surface area contributed by atoms with Crippen molar-refractivity contribution in [3.8, 4) is 5.75 Å². The van der Waals surface area contributed by atoms with Gasteiger partial charge < -0.3 is 4.74 Å². The highest BCUT2D eigenvalue weighted by atomic mass is 32.2. The Morgan fingerprint density at radius 1 is 1.31 bits per heavy atom. The molecule has 0 unspecified atom stereocenters. The average molecular weight is 241 g/mol. The van der Waals surface area contributed by atoms with Gasteiger partial charge in [0.2, 0.25) is 10.0 Å². The molecule has 0 N–H and O–H groups in total. The molecular formula is C11H15NO3S. The van der Waals surface area contributed by atoms with Crippen LogP contribution in [0.2, 0.25) is 0 Å². The van der Waals surface area contributed by atoms with Crippen LogP contribution in [0.3, 0.4) is 0 Å². The van der Waals surface area contributed by atoms with E-state index in [0.717, 1.165) is 0 Å². The topological polar surface area (TPSA) is 46.6 Å². The van der Waals surface area contributed by atoms with Crippen molar-refractivity contribution in [2.45, 2.75) is 19.4 Å². The number of sulfonamides is 1. The van der Waals surface area contributed by atoms with E-state index in [2.05, 4.69) is 0 Å². The summed E-state index contributed by atoms with van der Waals surface area (Å²) >= 11 is 0. The minimum absolute atomic E-state index is 0.336. The van der Waals surface area contributed by atoms with Crippen molar-refractivity contribution in [3.63, 3.8) is 0 Å². The highest BCUT2D eigenvalue weighted by Crippen LogP contribution is 2.37. The van der Waals surface area contributed by atoms with E-state index in [0.29, 0.717) is 18.0 Å². The molecule has 0 saturated heterocycles. The van der Waals surface area contributed by atoms with E-state index in [1.54, 1.807) is 18.2 Å². The van der Waals surface area contributed by atoms with Crippen LogP contribution in [0.5, 0.6) is 5.75 Å². The third-order valence-corrected chi connectivity index (χ3v) is 3.57. The Labute approximate surface area is 95.9 Å². The molecule has 0 atom stereocenters. The maximum absolute atomic E-state index is 11.7. The molecule has 0 saturated carbocycles. The fourth-order valence-electron chi connectivity index (χ4n) is 1.81. The molecule has 1 aliphatic rings. The Hall–Kier alpha value is -1.23. The van der Waals surface area contributed by atoms with E-state index in [-0.39, 0.29) is 0 Å². The molecule has 4 nitrogen and oxygen atoms in total. The number of para-hydroxylation sites is 2. The minimum Gasteiger partial charge on any atom is -0.484 e. The van der Waals surface area contributed by atoms with Crippen molar-refractivity contribution in [2.75, 3.05) is 17.1 Å². The molecule has 0 fully saturated rings. The number of nitrogens with zero attached hydrogens (tertiary/aromatic N) is 1. The molecule has 0 spiro atoms. The number of hydrogen-bond donors (Lipinski definition) is 0. The fraction of sp³-hybridized carbons (Fsp3) is 0.455. The van der Waals surface area contributed by atoms with Gasteiger partial charge in [-0.2, -0.15) is 0 Å². The third kappa shape index (κ3) is 2.00. The molecule has 2 rings (SSSR count). The van der Waals surface area contributed by atoms with Gasteiger partial charge in [-0.25, -0.2) is 8.42 Å². The Kier molecular flexibility index (Phi) is 2.38. The van der Waals surface area contributed by atoms with Crippen molar-refractivity contribution in [3.05, 3.63) is 24.3 Å². The summed E-state index contributed by atoms with van der Waals surface area (Å²) in [6.45, 7) is 4.09. The molecule has 0 amide bonds. The summed E-state index contributed by atoms with van der Waals surface area (Å²) in [7, 11) is -3.26. The van der Waals surface area contributed by atoms with Crippen LogP contribution < -0.4 is 9.04 Å². The molecule has 0 bridgehead atoms. The second-order valence-corrected chi connectivity index (χ2v) is 6.51. The van der Waals surface area contributed by atoms with Crippen LogP contribution in [0.15, 0.2) is 24.3 Å². The van der Waals surface area contributed by atoms with Crippen molar-refractivity contribution in [1.82, 2.24) is 0 Å². The minimum atomic E-state index is -3.26. The van der Waals surface area contributed by atoms with E-state index < -0.39 is 15.6 Å². The van der Waals surface area contributed by atoms with E-state index in [1.165, 1.54) is 10.6 Å². The Bertz CT molecular complexity index is 508. The third-order valence-electron chi connectivity index (χ3n) is 2.44. The van der Waals surface area contributed by atoms with Crippen LogP contribution in [-0.2, 0) is 10.0 Å². The van der Waals surface area contributed by atoms with Crippen LogP contribution in [0, 0.1) is 0 Å². The van der Waals surface area contributed by atoms with Crippen LogP contribution in [0.4, 0.5) is 5.69 Å². The number of anilines is 1. The van der Waals surface area contributed by atoms with Crippen molar-refractivity contribution >= 4 is 15.7 Å². The molecular weight excluding hydrogens is 226 g/mol. The molecule has 1 aromatic carbocycles. The van der Waals surface area contributed by atoms with Crippen LogP contribution >= 0.6 is 0 Å². The molecule has 0 aromatic heterocycles. The standard InChI is InChI=1S/C11H15NO3S/c1-11(2)8-12(16(3,13)14)9-6-4-5-7-10(9)15-11/h4-7H,8H2,1-3H3. The molecule has 1 heterocycles. The van der Waals surface area contributed by atoms with Gasteiger partial charge in [-0.3, -0.25) is 4.31 Å². The Morgan fingerprint density at radius 2 is 1.94 bits per heavy atom. The lowest BCUT2D eigenvalue weighted by atomic mass is 10.1. The molecule has 1 aliphatic heterocycles. The Morgan fingerprint density at radius 3 is 2.56 bits per heavy atom. The molecule has 1 aromatic rings. The second kappa shape index (κ2) is 3.38. The first-order valence-electron chi connectivity index (χ1n) is 5.05. The van der Waals surface area contributed by atoms with Crippen LogP contribution in [0.1, 0.15) is 13.8 Å². The smallest absolute Gasteiger partial charge is 0.232 e. The lowest BCUT2D eigenvalue weighted by Gasteiger charge is -2.39. The summed E-state index contributed by atoms with van der Waals surface area (Å²) in [5, 5.41) is 0. The molecule has 0 aliphatic carbocycles. The van der Waals surface area contributed by atoms with E-state index in [4.69, 9.17) is 4.74 Å². The average Bonchev–Trinajstić information content (AvgIpc) is 2.13. The lowest BCUT2D eigenvalue weighted by Crippen LogP contribution is -2.48. The highest BCUT2D eigenvalue weighted by molar-refractivity contribution is 7.92. The van der Waals surface area contributed by atoms with Gasteiger partial charge in [0.1, 0.15) is 11.4 Å². The van der Waals surface area contributed by atoms with Crippen LogP contribution in [0.25, 0.3) is 0 Å². The van der Waals surface area contributed by atoms with Crippen LogP contribution in [-0.4, -0.2) is 26.8 Å². The van der Waals surface area contributed by atoms with Gasteiger partial charge in [-0.1, -0.05) is 12.1 Å². The zero-order valence-electron chi connectivity index (χ0n) is 9.60. The summed E-state index contributed by atoms with van der Waals surface area (Å²) in [5.74, 6) is 0.615. The van der Waals surface area contributed by atoms with Crippen molar-refractivity contribution < 1.29 is 13.2 Å². The largest absolute Gasteiger partial charge is 0.484 e. The van der Waals surface area contributed by atoms with Gasteiger partial charge in [0, 0.05) is 0 Å². The molecule has 5 heteroatoms. The normalized spacial score (nSPS) is 18.8. The zero-order chi connectivity index (χ0) is 12.0. The number of fused-ring (bicyclic) bond motifs is 1. The van der Waals surface area contributed by atoms with E-state index >= 15 is 0 Å². The van der Waals surface area contributed by atoms with Crippen molar-refractivity contribution in [2.24, 2.45) is 0 Å². The number of benzene rings is 1.